The van der Waals surface area contributed by atoms with E-state index in [4.69, 9.17) is 0 Å². The van der Waals surface area contributed by atoms with E-state index >= 15 is 0 Å². The number of anilines is 1. The van der Waals surface area contributed by atoms with Crippen molar-refractivity contribution in [1.82, 2.24) is 9.97 Å². The van der Waals surface area contributed by atoms with Crippen LogP contribution in [-0.4, -0.2) is 22.6 Å². The van der Waals surface area contributed by atoms with Gasteiger partial charge < -0.3 is 4.90 Å². The van der Waals surface area contributed by atoms with Crippen molar-refractivity contribution in [2.45, 2.75) is 39.2 Å². The number of hydrogen-bond acceptors (Lipinski definition) is 3. The number of aromatic nitrogens is 2. The summed E-state index contributed by atoms with van der Waals surface area (Å²) in [6.07, 6.45) is 4.15. The van der Waals surface area contributed by atoms with Crippen LogP contribution in [0.4, 0.5) is 5.82 Å². The van der Waals surface area contributed by atoms with Gasteiger partial charge in [0.15, 0.2) is 0 Å². The molecule has 1 saturated carbocycles. The van der Waals surface area contributed by atoms with Crippen LogP contribution in [0.3, 0.4) is 0 Å². The monoisotopic (exact) mass is 203 g/mol. The molecule has 80 valence electrons. The van der Waals surface area contributed by atoms with E-state index in [1.807, 2.05) is 13.8 Å². The van der Waals surface area contributed by atoms with Gasteiger partial charge in [-0.15, -0.1) is 0 Å². The first-order valence-electron chi connectivity index (χ1n) is 5.81. The molecular formula is C12H17N3. The zero-order valence-corrected chi connectivity index (χ0v) is 9.40. The fourth-order valence-corrected chi connectivity index (χ4v) is 3.05. The van der Waals surface area contributed by atoms with E-state index < -0.39 is 0 Å². The Bertz CT molecular complexity index is 368. The van der Waals surface area contributed by atoms with Crippen LogP contribution in [0.5, 0.6) is 0 Å². The number of piperidine rings is 1. The number of rotatable bonds is 1. The Morgan fingerprint density at radius 1 is 1.27 bits per heavy atom. The molecule has 1 saturated heterocycles. The maximum absolute atomic E-state index is 4.55. The van der Waals surface area contributed by atoms with Crippen LogP contribution in [0, 0.1) is 19.8 Å². The molecule has 2 aliphatic rings. The molecule has 0 spiro atoms. The molecule has 1 aliphatic carbocycles. The normalized spacial score (nSPS) is 28.8. The third-order valence-corrected chi connectivity index (χ3v) is 3.66. The van der Waals surface area contributed by atoms with Gasteiger partial charge in [0.05, 0.1) is 0 Å². The summed E-state index contributed by atoms with van der Waals surface area (Å²) in [5, 5.41) is 0. The SMILES string of the molecule is Cc1cc(N2C[C@H]3CC[C@H]2C3)nc(C)n1. The second-order valence-corrected chi connectivity index (χ2v) is 4.90. The number of fused-ring (bicyclic) bond motifs is 2. The minimum Gasteiger partial charge on any atom is -0.353 e. The second-order valence-electron chi connectivity index (χ2n) is 4.90. The van der Waals surface area contributed by atoms with Crippen molar-refractivity contribution in [3.63, 3.8) is 0 Å². The fourth-order valence-electron chi connectivity index (χ4n) is 3.05. The summed E-state index contributed by atoms with van der Waals surface area (Å²) in [4.78, 5) is 11.4. The van der Waals surface area contributed by atoms with Crippen molar-refractivity contribution < 1.29 is 0 Å². The summed E-state index contributed by atoms with van der Waals surface area (Å²) in [5.41, 5.74) is 1.08. The van der Waals surface area contributed by atoms with Gasteiger partial charge in [0.2, 0.25) is 0 Å². The predicted molar refractivity (Wildman–Crippen MR) is 60.0 cm³/mol. The fraction of sp³-hybridized carbons (Fsp3) is 0.667. The highest BCUT2D eigenvalue weighted by Gasteiger charge is 2.38. The molecular weight excluding hydrogens is 186 g/mol. The molecule has 3 heteroatoms. The number of aryl methyl sites for hydroxylation is 2. The first kappa shape index (κ1) is 9.13. The smallest absolute Gasteiger partial charge is 0.132 e. The second kappa shape index (κ2) is 3.19. The van der Waals surface area contributed by atoms with Gasteiger partial charge in [0.1, 0.15) is 11.6 Å². The van der Waals surface area contributed by atoms with Crippen molar-refractivity contribution in [2.75, 3.05) is 11.4 Å². The highest BCUT2D eigenvalue weighted by molar-refractivity contribution is 5.43. The lowest BCUT2D eigenvalue weighted by Crippen LogP contribution is -2.32. The van der Waals surface area contributed by atoms with Crippen molar-refractivity contribution in [1.29, 1.82) is 0 Å². The average molecular weight is 203 g/mol. The van der Waals surface area contributed by atoms with E-state index in [1.54, 1.807) is 0 Å². The molecule has 0 unspecified atom stereocenters. The Kier molecular flexibility index (Phi) is 1.94. The van der Waals surface area contributed by atoms with E-state index in [2.05, 4.69) is 20.9 Å². The van der Waals surface area contributed by atoms with E-state index in [0.29, 0.717) is 0 Å². The van der Waals surface area contributed by atoms with Crippen LogP contribution < -0.4 is 4.90 Å². The molecule has 15 heavy (non-hydrogen) atoms. The van der Waals surface area contributed by atoms with Gasteiger partial charge in [0.25, 0.3) is 0 Å². The van der Waals surface area contributed by atoms with Gasteiger partial charge >= 0.3 is 0 Å². The minimum atomic E-state index is 0.753. The third kappa shape index (κ3) is 1.50. The lowest BCUT2D eigenvalue weighted by Gasteiger charge is -2.28. The molecule has 1 aromatic rings. The van der Waals surface area contributed by atoms with Gasteiger partial charge in [-0.1, -0.05) is 0 Å². The molecule has 2 atom stereocenters. The zero-order valence-electron chi connectivity index (χ0n) is 9.40. The molecule has 0 aromatic carbocycles. The van der Waals surface area contributed by atoms with Gasteiger partial charge in [-0.25, -0.2) is 9.97 Å². The highest BCUT2D eigenvalue weighted by Crippen LogP contribution is 2.39. The lowest BCUT2D eigenvalue weighted by molar-refractivity contribution is 0.549. The quantitative estimate of drug-likeness (QED) is 0.699. The molecule has 2 heterocycles. The summed E-state index contributed by atoms with van der Waals surface area (Å²) in [6.45, 7) is 5.23. The largest absolute Gasteiger partial charge is 0.353 e. The van der Waals surface area contributed by atoms with Gasteiger partial charge in [0, 0.05) is 24.3 Å². The van der Waals surface area contributed by atoms with Gasteiger partial charge in [-0.2, -0.15) is 0 Å². The summed E-state index contributed by atoms with van der Waals surface area (Å²) in [6, 6.07) is 2.87. The van der Waals surface area contributed by atoms with Crippen LogP contribution in [0.2, 0.25) is 0 Å². The van der Waals surface area contributed by atoms with Crippen LogP contribution in [0.25, 0.3) is 0 Å². The maximum atomic E-state index is 4.55. The Hall–Kier alpha value is -1.12. The summed E-state index contributed by atoms with van der Waals surface area (Å²) < 4.78 is 0. The molecule has 0 amide bonds. The number of nitrogens with zero attached hydrogens (tertiary/aromatic N) is 3. The molecule has 0 radical (unpaired) electrons. The van der Waals surface area contributed by atoms with E-state index in [1.165, 1.54) is 25.8 Å². The number of hydrogen-bond donors (Lipinski definition) is 0. The molecule has 1 aliphatic heterocycles. The Morgan fingerprint density at radius 3 is 2.73 bits per heavy atom. The van der Waals surface area contributed by atoms with Crippen molar-refractivity contribution >= 4 is 5.82 Å². The van der Waals surface area contributed by atoms with Gasteiger partial charge in [-0.3, -0.25) is 0 Å². The Balaban J connectivity index is 1.93. The van der Waals surface area contributed by atoms with Crippen molar-refractivity contribution in [3.8, 4) is 0 Å². The van der Waals surface area contributed by atoms with Crippen molar-refractivity contribution in [3.05, 3.63) is 17.6 Å². The van der Waals surface area contributed by atoms with Crippen LogP contribution in [-0.2, 0) is 0 Å². The van der Waals surface area contributed by atoms with Crippen LogP contribution in [0.1, 0.15) is 30.8 Å². The topological polar surface area (TPSA) is 29.0 Å². The van der Waals surface area contributed by atoms with Gasteiger partial charge in [-0.05, 0) is 39.0 Å². The Morgan fingerprint density at radius 2 is 2.13 bits per heavy atom. The van der Waals surface area contributed by atoms with Crippen molar-refractivity contribution in [2.24, 2.45) is 5.92 Å². The predicted octanol–water partition coefficient (Wildman–Crippen LogP) is 2.08. The van der Waals surface area contributed by atoms with E-state index in [-0.39, 0.29) is 0 Å². The van der Waals surface area contributed by atoms with E-state index in [0.717, 1.165) is 29.3 Å². The molecule has 3 rings (SSSR count). The first-order chi connectivity index (χ1) is 7.22. The molecule has 1 aromatic heterocycles. The standard InChI is InChI=1S/C12H17N3/c1-8-5-12(14-9(2)13-8)15-7-10-3-4-11(15)6-10/h5,10-11H,3-4,6-7H2,1-2H3/t10-,11-/m0/s1. The third-order valence-electron chi connectivity index (χ3n) is 3.66. The van der Waals surface area contributed by atoms with E-state index in [9.17, 15) is 0 Å². The molecule has 3 nitrogen and oxygen atoms in total. The summed E-state index contributed by atoms with van der Waals surface area (Å²) in [5.74, 6) is 2.96. The van der Waals surface area contributed by atoms with Crippen LogP contribution >= 0.6 is 0 Å². The zero-order chi connectivity index (χ0) is 10.4. The average Bonchev–Trinajstić information content (AvgIpc) is 2.76. The van der Waals surface area contributed by atoms with Crippen LogP contribution in [0.15, 0.2) is 6.07 Å². The first-order valence-corrected chi connectivity index (χ1v) is 5.81. The molecule has 2 fully saturated rings. The Labute approximate surface area is 90.5 Å². The highest BCUT2D eigenvalue weighted by atomic mass is 15.2. The summed E-state index contributed by atoms with van der Waals surface area (Å²) >= 11 is 0. The maximum Gasteiger partial charge on any atom is 0.132 e. The summed E-state index contributed by atoms with van der Waals surface area (Å²) in [7, 11) is 0. The molecule has 0 N–H and O–H groups in total. The minimum absolute atomic E-state index is 0.753. The lowest BCUT2D eigenvalue weighted by atomic mass is 10.1. The molecule has 2 bridgehead atoms.